The molecule has 0 saturated heterocycles. The molecule has 0 amide bonds. The molecule has 0 bridgehead atoms. The molecule has 8 rings (SSSR count). The molecular weight excluding hydrogens is 542 g/mol. The van der Waals surface area contributed by atoms with E-state index < -0.39 is 0 Å². The SMILES string of the molecule is N#Cc1cccc(C#N)c1-c1cc(-c2ccc3oc4ccccc4c3c2)c(C#N)c(-c2cccc3oc4ccccc4c23)c1. The molecule has 0 N–H and O–H groups in total. The Morgan fingerprint density at radius 2 is 1.05 bits per heavy atom. The van der Waals surface area contributed by atoms with Crippen LogP contribution in [0.25, 0.3) is 77.3 Å². The zero-order valence-electron chi connectivity index (χ0n) is 23.1. The fourth-order valence-corrected chi connectivity index (χ4v) is 6.29. The van der Waals surface area contributed by atoms with Crippen molar-refractivity contribution in [2.75, 3.05) is 0 Å². The Bertz CT molecular complexity index is 2570. The number of para-hydroxylation sites is 2. The minimum Gasteiger partial charge on any atom is -0.456 e. The van der Waals surface area contributed by atoms with E-state index in [0.29, 0.717) is 44.5 Å². The summed E-state index contributed by atoms with van der Waals surface area (Å²) in [6.07, 6.45) is 0. The predicted molar refractivity (Wildman–Crippen MR) is 171 cm³/mol. The molecule has 6 aromatic carbocycles. The Hall–Kier alpha value is -6.61. The van der Waals surface area contributed by atoms with E-state index >= 15 is 0 Å². The van der Waals surface area contributed by atoms with E-state index in [9.17, 15) is 15.8 Å². The van der Waals surface area contributed by atoms with E-state index in [4.69, 9.17) is 8.83 Å². The minimum atomic E-state index is 0.383. The Labute approximate surface area is 251 Å². The van der Waals surface area contributed by atoms with Crippen molar-refractivity contribution in [1.82, 2.24) is 0 Å². The van der Waals surface area contributed by atoms with Crippen molar-refractivity contribution in [1.29, 1.82) is 15.8 Å². The molecule has 8 aromatic rings. The summed E-state index contributed by atoms with van der Waals surface area (Å²) in [4.78, 5) is 0. The number of furan rings is 2. The van der Waals surface area contributed by atoms with Crippen LogP contribution in [0.1, 0.15) is 16.7 Å². The van der Waals surface area contributed by atoms with Crippen LogP contribution in [0.5, 0.6) is 0 Å². The molecule has 0 saturated carbocycles. The van der Waals surface area contributed by atoms with Crippen LogP contribution in [0.3, 0.4) is 0 Å². The predicted octanol–water partition coefficient (Wildman–Crippen LogP) is 10.1. The first-order valence-corrected chi connectivity index (χ1v) is 14.0. The first-order chi connectivity index (χ1) is 21.7. The summed E-state index contributed by atoms with van der Waals surface area (Å²) in [7, 11) is 0. The lowest BCUT2D eigenvalue weighted by atomic mass is 9.85. The summed E-state index contributed by atoms with van der Waals surface area (Å²) < 4.78 is 12.3. The van der Waals surface area contributed by atoms with E-state index in [2.05, 4.69) is 18.2 Å². The Morgan fingerprint density at radius 1 is 0.432 bits per heavy atom. The van der Waals surface area contributed by atoms with Crippen LogP contribution >= 0.6 is 0 Å². The average Bonchev–Trinajstić information content (AvgIpc) is 3.65. The number of hydrogen-bond acceptors (Lipinski definition) is 5. The molecule has 2 heterocycles. The topological polar surface area (TPSA) is 97.6 Å². The van der Waals surface area contributed by atoms with Gasteiger partial charge in [0.05, 0.1) is 28.8 Å². The molecule has 2 aromatic heterocycles. The standard InChI is InChI=1S/C39H19N3O2/c40-20-24-7-5-8-25(21-41)38(24)26-18-30(23-15-16-36-32(17-23)27-9-1-3-12-34(27)43-36)33(22-42)31(19-26)28-11-6-14-37-39(28)29-10-2-4-13-35(29)44-37/h1-19H. The maximum Gasteiger partial charge on any atom is 0.136 e. The van der Waals surface area contributed by atoms with Gasteiger partial charge in [-0.2, -0.15) is 15.8 Å². The molecular formula is C39H19N3O2. The first-order valence-electron chi connectivity index (χ1n) is 14.0. The van der Waals surface area contributed by atoms with Gasteiger partial charge in [-0.15, -0.1) is 0 Å². The normalized spacial score (nSPS) is 11.1. The van der Waals surface area contributed by atoms with Crippen LogP contribution in [0.15, 0.2) is 124 Å². The van der Waals surface area contributed by atoms with Gasteiger partial charge in [0, 0.05) is 38.2 Å². The van der Waals surface area contributed by atoms with Gasteiger partial charge in [0.1, 0.15) is 28.4 Å². The summed E-state index contributed by atoms with van der Waals surface area (Å²) in [6, 6.07) is 43.4. The van der Waals surface area contributed by atoms with E-state index in [0.717, 1.165) is 49.4 Å². The van der Waals surface area contributed by atoms with Gasteiger partial charge in [-0.3, -0.25) is 0 Å². The summed E-state index contributed by atoms with van der Waals surface area (Å²) in [6.45, 7) is 0. The van der Waals surface area contributed by atoms with Gasteiger partial charge in [-0.25, -0.2) is 0 Å². The summed E-state index contributed by atoms with van der Waals surface area (Å²) >= 11 is 0. The van der Waals surface area contributed by atoms with E-state index in [1.807, 2.05) is 97.1 Å². The molecule has 5 nitrogen and oxygen atoms in total. The molecule has 0 aliphatic heterocycles. The summed E-state index contributed by atoms with van der Waals surface area (Å²) in [5.74, 6) is 0. The molecule has 0 atom stereocenters. The van der Waals surface area contributed by atoms with Crippen LogP contribution in [0.4, 0.5) is 0 Å². The van der Waals surface area contributed by atoms with Crippen molar-refractivity contribution in [3.63, 3.8) is 0 Å². The fraction of sp³-hybridized carbons (Fsp3) is 0. The number of rotatable bonds is 3. The van der Waals surface area contributed by atoms with Crippen molar-refractivity contribution >= 4 is 43.9 Å². The summed E-state index contributed by atoms with van der Waals surface area (Å²) in [5.41, 5.74) is 8.47. The number of fused-ring (bicyclic) bond motifs is 6. The zero-order valence-corrected chi connectivity index (χ0v) is 23.1. The van der Waals surface area contributed by atoms with Gasteiger partial charge >= 0.3 is 0 Å². The van der Waals surface area contributed by atoms with E-state index in [1.165, 1.54) is 0 Å². The lowest BCUT2D eigenvalue weighted by Gasteiger charge is -2.16. The van der Waals surface area contributed by atoms with Crippen molar-refractivity contribution in [3.8, 4) is 51.6 Å². The number of hydrogen-bond donors (Lipinski definition) is 0. The molecule has 0 unspecified atom stereocenters. The highest BCUT2D eigenvalue weighted by Crippen LogP contribution is 2.44. The molecule has 0 fully saturated rings. The molecule has 0 aliphatic carbocycles. The average molecular weight is 562 g/mol. The third-order valence-electron chi connectivity index (χ3n) is 8.22. The highest BCUT2D eigenvalue weighted by Gasteiger charge is 2.22. The third-order valence-corrected chi connectivity index (χ3v) is 8.22. The molecule has 0 spiro atoms. The molecule has 202 valence electrons. The van der Waals surface area contributed by atoms with Crippen LogP contribution in [-0.4, -0.2) is 0 Å². The lowest BCUT2D eigenvalue weighted by Crippen LogP contribution is -1.96. The molecule has 5 heteroatoms. The Morgan fingerprint density at radius 3 is 1.80 bits per heavy atom. The second-order valence-electron chi connectivity index (χ2n) is 10.6. The quantitative estimate of drug-likeness (QED) is 0.214. The number of nitrogens with zero attached hydrogens (tertiary/aromatic N) is 3. The van der Waals surface area contributed by atoms with Gasteiger partial charge in [-0.1, -0.05) is 60.7 Å². The molecule has 0 aliphatic rings. The van der Waals surface area contributed by atoms with Crippen LogP contribution in [-0.2, 0) is 0 Å². The lowest BCUT2D eigenvalue weighted by molar-refractivity contribution is 0.668. The highest BCUT2D eigenvalue weighted by atomic mass is 16.3. The summed E-state index contributed by atoms with van der Waals surface area (Å²) in [5, 5.41) is 34.7. The zero-order chi connectivity index (χ0) is 29.8. The van der Waals surface area contributed by atoms with Gasteiger partial charge in [0.25, 0.3) is 0 Å². The first kappa shape index (κ1) is 25.1. The van der Waals surface area contributed by atoms with Crippen molar-refractivity contribution < 1.29 is 8.83 Å². The van der Waals surface area contributed by atoms with Gasteiger partial charge in [0.2, 0.25) is 0 Å². The fourth-order valence-electron chi connectivity index (χ4n) is 6.29. The van der Waals surface area contributed by atoms with Crippen molar-refractivity contribution in [2.45, 2.75) is 0 Å². The maximum atomic E-state index is 10.8. The largest absolute Gasteiger partial charge is 0.456 e. The third kappa shape index (κ3) is 3.70. The number of nitriles is 3. The highest BCUT2D eigenvalue weighted by molar-refractivity contribution is 6.14. The Balaban J connectivity index is 1.51. The maximum absolute atomic E-state index is 10.8. The van der Waals surface area contributed by atoms with Gasteiger partial charge in [0.15, 0.2) is 0 Å². The van der Waals surface area contributed by atoms with Crippen LogP contribution in [0.2, 0.25) is 0 Å². The monoisotopic (exact) mass is 561 g/mol. The van der Waals surface area contributed by atoms with Crippen LogP contribution < -0.4 is 0 Å². The van der Waals surface area contributed by atoms with E-state index in [-0.39, 0.29) is 0 Å². The second-order valence-corrected chi connectivity index (χ2v) is 10.6. The molecule has 44 heavy (non-hydrogen) atoms. The van der Waals surface area contributed by atoms with Gasteiger partial charge in [-0.05, 0) is 71.3 Å². The van der Waals surface area contributed by atoms with E-state index in [1.54, 1.807) is 18.2 Å². The second kappa shape index (κ2) is 9.74. The van der Waals surface area contributed by atoms with Crippen molar-refractivity contribution in [3.05, 3.63) is 132 Å². The Kier molecular flexibility index (Phi) is 5.56. The number of benzene rings is 6. The minimum absolute atomic E-state index is 0.383. The van der Waals surface area contributed by atoms with Crippen molar-refractivity contribution in [2.24, 2.45) is 0 Å². The van der Waals surface area contributed by atoms with Crippen LogP contribution in [0, 0.1) is 34.0 Å². The van der Waals surface area contributed by atoms with Gasteiger partial charge < -0.3 is 8.83 Å². The molecule has 0 radical (unpaired) electrons. The smallest absolute Gasteiger partial charge is 0.136 e.